The molecule has 154 valence electrons. The van der Waals surface area contributed by atoms with E-state index in [1.54, 1.807) is 7.11 Å². The van der Waals surface area contributed by atoms with E-state index in [2.05, 4.69) is 13.0 Å². The van der Waals surface area contributed by atoms with Crippen LogP contribution in [0.4, 0.5) is 0 Å². The second kappa shape index (κ2) is 7.84. The van der Waals surface area contributed by atoms with Gasteiger partial charge in [-0.25, -0.2) is 0 Å². The van der Waals surface area contributed by atoms with Crippen LogP contribution < -0.4 is 0 Å². The molecule has 5 heteroatoms. The number of aliphatic hydroxyl groups is 1. The van der Waals surface area contributed by atoms with E-state index in [0.717, 1.165) is 40.7 Å². The predicted octanol–water partition coefficient (Wildman–Crippen LogP) is 4.95. The van der Waals surface area contributed by atoms with E-state index in [4.69, 9.17) is 21.1 Å². The molecule has 4 nitrogen and oxygen atoms in total. The van der Waals surface area contributed by atoms with Crippen molar-refractivity contribution in [1.29, 1.82) is 0 Å². The second-order valence-electron chi connectivity index (χ2n) is 8.31. The van der Waals surface area contributed by atoms with Crippen LogP contribution >= 0.6 is 11.6 Å². The van der Waals surface area contributed by atoms with Crippen LogP contribution in [0.15, 0.2) is 36.4 Å². The van der Waals surface area contributed by atoms with Crippen LogP contribution in [0.3, 0.4) is 0 Å². The summed E-state index contributed by atoms with van der Waals surface area (Å²) in [5.41, 5.74) is 4.12. The van der Waals surface area contributed by atoms with Gasteiger partial charge in [0.1, 0.15) is 5.60 Å². The highest BCUT2D eigenvalue weighted by atomic mass is 35.5. The smallest absolute Gasteiger partial charge is 0.177 e. The Bertz CT molecular complexity index is 913. The van der Waals surface area contributed by atoms with Gasteiger partial charge in [0.05, 0.1) is 12.0 Å². The fourth-order valence-electron chi connectivity index (χ4n) is 4.87. The zero-order chi connectivity index (χ0) is 20.8. The first kappa shape index (κ1) is 20.5. The minimum atomic E-state index is -1.12. The molecule has 0 aromatic heterocycles. The summed E-state index contributed by atoms with van der Waals surface area (Å²) in [6.07, 6.45) is 1.75. The van der Waals surface area contributed by atoms with Crippen molar-refractivity contribution in [3.05, 3.63) is 58.1 Å². The van der Waals surface area contributed by atoms with Gasteiger partial charge in [-0.1, -0.05) is 29.8 Å². The van der Waals surface area contributed by atoms with Crippen LogP contribution in [0.1, 0.15) is 48.3 Å². The lowest BCUT2D eigenvalue weighted by Crippen LogP contribution is -2.42. The van der Waals surface area contributed by atoms with Gasteiger partial charge >= 0.3 is 0 Å². The average molecular weight is 415 g/mol. The van der Waals surface area contributed by atoms with Gasteiger partial charge in [0.2, 0.25) is 0 Å². The van der Waals surface area contributed by atoms with Gasteiger partial charge in [-0.15, -0.1) is 0 Å². The molecule has 0 bridgehead atoms. The highest BCUT2D eigenvalue weighted by Gasteiger charge is 2.55. The Balaban J connectivity index is 1.70. The summed E-state index contributed by atoms with van der Waals surface area (Å²) >= 11 is 6.04. The number of ketones is 1. The first-order valence-electron chi connectivity index (χ1n) is 10.1. The van der Waals surface area contributed by atoms with Crippen molar-refractivity contribution >= 4 is 17.4 Å². The molecule has 1 heterocycles. The number of benzene rings is 2. The molecule has 1 saturated heterocycles. The predicted molar refractivity (Wildman–Crippen MR) is 113 cm³/mol. The standard InChI is InChI=1S/C24H27ClO4/c1-14-12-15(2)20(13-19(14)16-4-6-17(25)7-5-16)21-22(26)24(29-23(21)27)10-8-18(28-3)9-11-24/h4-7,12-13,18,21,23,27H,8-11H2,1-3H3. The Morgan fingerprint density at radius 1 is 1.10 bits per heavy atom. The van der Waals surface area contributed by atoms with E-state index in [9.17, 15) is 9.90 Å². The van der Waals surface area contributed by atoms with E-state index >= 15 is 0 Å². The molecular weight excluding hydrogens is 388 g/mol. The third-order valence-electron chi connectivity index (χ3n) is 6.54. The monoisotopic (exact) mass is 414 g/mol. The summed E-state index contributed by atoms with van der Waals surface area (Å²) in [7, 11) is 1.70. The van der Waals surface area contributed by atoms with Crippen molar-refractivity contribution in [3.63, 3.8) is 0 Å². The molecule has 2 aromatic rings. The molecule has 0 amide bonds. The summed E-state index contributed by atoms with van der Waals surface area (Å²) < 4.78 is 11.4. The Hall–Kier alpha value is -1.72. The lowest BCUT2D eigenvalue weighted by atomic mass is 9.76. The molecule has 2 unspecified atom stereocenters. The summed E-state index contributed by atoms with van der Waals surface area (Å²) in [4.78, 5) is 13.5. The van der Waals surface area contributed by atoms with Crippen molar-refractivity contribution in [2.45, 2.75) is 63.4 Å². The largest absolute Gasteiger partial charge is 0.381 e. The van der Waals surface area contributed by atoms with Crippen LogP contribution in [0.5, 0.6) is 0 Å². The summed E-state index contributed by atoms with van der Waals surface area (Å²) in [5.74, 6) is -0.672. The maximum atomic E-state index is 13.5. The molecule has 1 aliphatic carbocycles. The molecular formula is C24H27ClO4. The van der Waals surface area contributed by atoms with Crippen molar-refractivity contribution in [3.8, 4) is 11.1 Å². The zero-order valence-corrected chi connectivity index (χ0v) is 17.8. The summed E-state index contributed by atoms with van der Waals surface area (Å²) in [6.45, 7) is 4.04. The molecule has 2 aromatic carbocycles. The Morgan fingerprint density at radius 2 is 1.76 bits per heavy atom. The maximum Gasteiger partial charge on any atom is 0.177 e. The third kappa shape index (κ3) is 3.64. The maximum absolute atomic E-state index is 13.5. The van der Waals surface area contributed by atoms with Crippen molar-refractivity contribution in [2.75, 3.05) is 7.11 Å². The lowest BCUT2D eigenvalue weighted by Gasteiger charge is -2.34. The van der Waals surface area contributed by atoms with Crippen LogP contribution in [-0.4, -0.2) is 36.0 Å². The number of rotatable bonds is 3. The van der Waals surface area contributed by atoms with Crippen molar-refractivity contribution in [2.24, 2.45) is 0 Å². The first-order chi connectivity index (χ1) is 13.8. The quantitative estimate of drug-likeness (QED) is 0.771. The normalized spacial score (nSPS) is 29.6. The molecule has 29 heavy (non-hydrogen) atoms. The van der Waals surface area contributed by atoms with Crippen molar-refractivity contribution in [1.82, 2.24) is 0 Å². The Labute approximate surface area is 176 Å². The van der Waals surface area contributed by atoms with E-state index in [0.29, 0.717) is 17.9 Å². The highest BCUT2D eigenvalue weighted by molar-refractivity contribution is 6.30. The van der Waals surface area contributed by atoms with Gasteiger partial charge in [-0.3, -0.25) is 4.79 Å². The number of aliphatic hydroxyl groups excluding tert-OH is 1. The van der Waals surface area contributed by atoms with Crippen LogP contribution in [0, 0.1) is 13.8 Å². The van der Waals surface area contributed by atoms with Crippen LogP contribution in [0.25, 0.3) is 11.1 Å². The zero-order valence-electron chi connectivity index (χ0n) is 17.1. The number of hydrogen-bond donors (Lipinski definition) is 1. The molecule has 1 spiro atoms. The Kier molecular flexibility index (Phi) is 5.56. The highest BCUT2D eigenvalue weighted by Crippen LogP contribution is 2.46. The summed E-state index contributed by atoms with van der Waals surface area (Å²) in [6, 6.07) is 11.8. The van der Waals surface area contributed by atoms with Gasteiger partial charge in [0.25, 0.3) is 0 Å². The third-order valence-corrected chi connectivity index (χ3v) is 6.79. The van der Waals surface area contributed by atoms with E-state index in [1.165, 1.54) is 0 Å². The molecule has 1 N–H and O–H groups in total. The Morgan fingerprint density at radius 3 is 2.38 bits per heavy atom. The molecule has 1 aliphatic heterocycles. The fourth-order valence-corrected chi connectivity index (χ4v) is 4.99. The number of ether oxygens (including phenoxy) is 2. The van der Waals surface area contributed by atoms with Gasteiger partial charge < -0.3 is 14.6 Å². The SMILES string of the molecule is COC1CCC2(CC1)OC(O)C(c1cc(-c3ccc(Cl)cc3)c(C)cc1C)C2=O. The molecule has 1 saturated carbocycles. The molecule has 4 rings (SSSR count). The van der Waals surface area contributed by atoms with Gasteiger partial charge in [-0.2, -0.15) is 0 Å². The molecule has 2 atom stereocenters. The number of aryl methyl sites for hydroxylation is 2. The van der Waals surface area contributed by atoms with Crippen molar-refractivity contribution < 1.29 is 19.4 Å². The topological polar surface area (TPSA) is 55.8 Å². The van der Waals surface area contributed by atoms with Gasteiger partial charge in [-0.05, 0) is 85.5 Å². The minimum Gasteiger partial charge on any atom is -0.381 e. The molecule has 2 fully saturated rings. The van der Waals surface area contributed by atoms with Gasteiger partial charge in [0.15, 0.2) is 12.1 Å². The first-order valence-corrected chi connectivity index (χ1v) is 10.5. The second-order valence-corrected chi connectivity index (χ2v) is 8.75. The van der Waals surface area contributed by atoms with Crippen LogP contribution in [-0.2, 0) is 14.3 Å². The van der Waals surface area contributed by atoms with E-state index in [1.807, 2.05) is 37.3 Å². The number of carbonyl (C=O) groups excluding carboxylic acids is 1. The minimum absolute atomic E-state index is 0.00596. The number of hydrogen-bond acceptors (Lipinski definition) is 4. The number of Topliss-reactive ketones (excluding diaryl/α,β-unsaturated/α-hetero) is 1. The number of methoxy groups -OCH3 is 1. The summed E-state index contributed by atoms with van der Waals surface area (Å²) in [5, 5.41) is 11.4. The van der Waals surface area contributed by atoms with E-state index in [-0.39, 0.29) is 11.9 Å². The van der Waals surface area contributed by atoms with Crippen LogP contribution in [0.2, 0.25) is 5.02 Å². The number of carbonyl (C=O) groups is 1. The lowest BCUT2D eigenvalue weighted by molar-refractivity contribution is -0.167. The fraction of sp³-hybridized carbons (Fsp3) is 0.458. The van der Waals surface area contributed by atoms with E-state index < -0.39 is 17.8 Å². The average Bonchev–Trinajstić information content (AvgIpc) is 2.93. The van der Waals surface area contributed by atoms with Gasteiger partial charge in [0, 0.05) is 12.1 Å². The molecule has 2 aliphatic rings. The molecule has 0 radical (unpaired) electrons. The number of halogens is 1.